The molecule has 4 rings (SSSR count). The topological polar surface area (TPSA) is 92.3 Å². The van der Waals surface area contributed by atoms with Crippen LogP contribution in [0.4, 0.5) is 18.9 Å². The molecule has 156 valence electrons. The Bertz CT molecular complexity index is 1100. The molecule has 1 aliphatic heterocycles. The molecule has 2 unspecified atom stereocenters. The number of aromatic nitrogens is 2. The molecule has 0 bridgehead atoms. The first-order valence-electron chi connectivity index (χ1n) is 9.39. The van der Waals surface area contributed by atoms with Gasteiger partial charge in [0.05, 0.1) is 16.6 Å². The number of halogens is 3. The molecular formula is C21H19F3N4O2. The smallest absolute Gasteiger partial charge is 0.416 e. The summed E-state index contributed by atoms with van der Waals surface area (Å²) >= 11 is 0. The molecule has 3 aromatic rings. The fourth-order valence-electron chi connectivity index (χ4n) is 4.07. The number of carboxylic acids is 1. The minimum Gasteiger partial charge on any atom is -0.478 e. The molecule has 9 heteroatoms. The van der Waals surface area contributed by atoms with E-state index in [-0.39, 0.29) is 17.5 Å². The second-order valence-corrected chi connectivity index (χ2v) is 7.35. The fourth-order valence-corrected chi connectivity index (χ4v) is 4.07. The van der Waals surface area contributed by atoms with Crippen LogP contribution in [0.3, 0.4) is 0 Å². The molecule has 1 fully saturated rings. The van der Waals surface area contributed by atoms with Gasteiger partial charge >= 0.3 is 12.1 Å². The molecule has 0 radical (unpaired) electrons. The maximum Gasteiger partial charge on any atom is 0.416 e. The first-order valence-corrected chi connectivity index (χ1v) is 9.39. The number of hydrogen-bond acceptors (Lipinski definition) is 5. The second kappa shape index (κ2) is 7.56. The van der Waals surface area contributed by atoms with Gasteiger partial charge in [-0.3, -0.25) is 0 Å². The number of rotatable bonds is 3. The number of hydrogen-bond donors (Lipinski definition) is 2. The number of fused-ring (bicyclic) bond motifs is 1. The number of carbonyl (C=O) groups is 1. The summed E-state index contributed by atoms with van der Waals surface area (Å²) in [6, 6.07) is 8.13. The van der Waals surface area contributed by atoms with Gasteiger partial charge < -0.3 is 15.7 Å². The summed E-state index contributed by atoms with van der Waals surface area (Å²) in [6.07, 6.45) is -0.970. The molecule has 2 atom stereocenters. The van der Waals surface area contributed by atoms with Crippen molar-refractivity contribution in [2.75, 3.05) is 18.0 Å². The third-order valence-electron chi connectivity index (χ3n) is 5.52. The summed E-state index contributed by atoms with van der Waals surface area (Å²) in [4.78, 5) is 21.6. The molecular weight excluding hydrogens is 397 g/mol. The van der Waals surface area contributed by atoms with Crippen molar-refractivity contribution in [2.24, 2.45) is 5.73 Å². The Morgan fingerprint density at radius 1 is 1.23 bits per heavy atom. The third-order valence-corrected chi connectivity index (χ3v) is 5.52. The number of benzene rings is 2. The maximum absolute atomic E-state index is 13.1. The lowest BCUT2D eigenvalue weighted by atomic mass is 9.84. The summed E-state index contributed by atoms with van der Waals surface area (Å²) < 4.78 is 39.2. The highest BCUT2D eigenvalue weighted by molar-refractivity contribution is 6.05. The van der Waals surface area contributed by atoms with Crippen LogP contribution in [0.5, 0.6) is 0 Å². The Morgan fingerprint density at radius 2 is 2.03 bits per heavy atom. The minimum absolute atomic E-state index is 0.0827. The van der Waals surface area contributed by atoms with E-state index in [1.54, 1.807) is 18.3 Å². The highest BCUT2D eigenvalue weighted by Gasteiger charge is 2.33. The van der Waals surface area contributed by atoms with E-state index in [2.05, 4.69) is 9.97 Å². The molecule has 0 amide bonds. The molecule has 3 N–H and O–H groups in total. The van der Waals surface area contributed by atoms with Gasteiger partial charge in [0.15, 0.2) is 0 Å². The largest absolute Gasteiger partial charge is 0.478 e. The molecule has 0 spiro atoms. The average Bonchev–Trinajstić information content (AvgIpc) is 2.72. The number of nitrogens with zero attached hydrogens (tertiary/aromatic N) is 3. The predicted octanol–water partition coefficient (Wildman–Crippen LogP) is 3.67. The summed E-state index contributed by atoms with van der Waals surface area (Å²) in [5.74, 6) is -1.28. The Labute approximate surface area is 170 Å². The van der Waals surface area contributed by atoms with Gasteiger partial charge in [-0.2, -0.15) is 13.2 Å². The quantitative estimate of drug-likeness (QED) is 0.677. The van der Waals surface area contributed by atoms with Crippen LogP contribution in [0.2, 0.25) is 0 Å². The summed E-state index contributed by atoms with van der Waals surface area (Å²) in [7, 11) is 0. The molecule has 0 saturated carbocycles. The van der Waals surface area contributed by atoms with Gasteiger partial charge in [-0.1, -0.05) is 18.2 Å². The van der Waals surface area contributed by atoms with Crippen molar-refractivity contribution in [3.8, 4) is 0 Å². The zero-order valence-corrected chi connectivity index (χ0v) is 15.8. The van der Waals surface area contributed by atoms with E-state index >= 15 is 0 Å². The molecule has 6 nitrogen and oxygen atoms in total. The Kier molecular flexibility index (Phi) is 5.07. The molecule has 1 saturated heterocycles. The monoisotopic (exact) mass is 416 g/mol. The number of piperidine rings is 1. The lowest BCUT2D eigenvalue weighted by Gasteiger charge is -2.39. The van der Waals surface area contributed by atoms with Crippen molar-refractivity contribution >= 4 is 22.6 Å². The van der Waals surface area contributed by atoms with Gasteiger partial charge in [-0.15, -0.1) is 0 Å². The van der Waals surface area contributed by atoms with Crippen LogP contribution < -0.4 is 10.6 Å². The molecule has 1 aromatic heterocycles. The van der Waals surface area contributed by atoms with Crippen molar-refractivity contribution in [1.29, 1.82) is 0 Å². The van der Waals surface area contributed by atoms with Crippen molar-refractivity contribution in [3.05, 3.63) is 65.6 Å². The molecule has 2 heterocycles. The fraction of sp³-hybridized carbons (Fsp3) is 0.286. The van der Waals surface area contributed by atoms with Crippen molar-refractivity contribution in [1.82, 2.24) is 9.97 Å². The normalized spacial score (nSPS) is 19.8. The van der Waals surface area contributed by atoms with Gasteiger partial charge in [-0.25, -0.2) is 14.8 Å². The van der Waals surface area contributed by atoms with Crippen LogP contribution in [-0.4, -0.2) is 40.2 Å². The third kappa shape index (κ3) is 3.68. The Morgan fingerprint density at radius 3 is 2.73 bits per heavy atom. The Hall–Kier alpha value is -3.20. The minimum atomic E-state index is -4.40. The highest BCUT2D eigenvalue weighted by Crippen LogP contribution is 2.36. The Balaban J connectivity index is 1.62. The predicted molar refractivity (Wildman–Crippen MR) is 105 cm³/mol. The van der Waals surface area contributed by atoms with E-state index in [0.29, 0.717) is 36.0 Å². The van der Waals surface area contributed by atoms with Gasteiger partial charge in [0.2, 0.25) is 0 Å². The second-order valence-electron chi connectivity index (χ2n) is 7.35. The van der Waals surface area contributed by atoms with E-state index < -0.39 is 17.7 Å². The zero-order chi connectivity index (χ0) is 21.5. The van der Waals surface area contributed by atoms with Crippen LogP contribution >= 0.6 is 0 Å². The van der Waals surface area contributed by atoms with Crippen molar-refractivity contribution in [3.63, 3.8) is 0 Å². The van der Waals surface area contributed by atoms with E-state index in [4.69, 9.17) is 5.73 Å². The highest BCUT2D eigenvalue weighted by atomic mass is 19.4. The van der Waals surface area contributed by atoms with Crippen LogP contribution in [0.1, 0.15) is 33.8 Å². The van der Waals surface area contributed by atoms with Gasteiger partial charge in [0.25, 0.3) is 0 Å². The molecule has 30 heavy (non-hydrogen) atoms. The van der Waals surface area contributed by atoms with Crippen LogP contribution in [0.25, 0.3) is 10.9 Å². The van der Waals surface area contributed by atoms with Gasteiger partial charge in [0, 0.05) is 42.3 Å². The van der Waals surface area contributed by atoms with Gasteiger partial charge in [0.1, 0.15) is 6.33 Å². The van der Waals surface area contributed by atoms with E-state index in [0.717, 1.165) is 11.8 Å². The molecule has 0 aliphatic carbocycles. The van der Waals surface area contributed by atoms with Gasteiger partial charge in [-0.05, 0) is 30.2 Å². The summed E-state index contributed by atoms with van der Waals surface area (Å²) in [5, 5.41) is 9.99. The van der Waals surface area contributed by atoms with Crippen LogP contribution in [0, 0.1) is 0 Å². The van der Waals surface area contributed by atoms with E-state index in [9.17, 15) is 23.1 Å². The van der Waals surface area contributed by atoms with Crippen molar-refractivity contribution in [2.45, 2.75) is 24.6 Å². The number of aromatic carboxylic acids is 1. The first-order chi connectivity index (χ1) is 14.3. The van der Waals surface area contributed by atoms with E-state index in [1.807, 2.05) is 4.90 Å². The number of nitrogens with two attached hydrogens (primary N) is 1. The number of carboxylic acid groups (broad SMARTS) is 1. The van der Waals surface area contributed by atoms with E-state index in [1.165, 1.54) is 24.5 Å². The van der Waals surface area contributed by atoms with Crippen molar-refractivity contribution < 1.29 is 23.1 Å². The number of anilines is 1. The van der Waals surface area contributed by atoms with Crippen LogP contribution in [-0.2, 0) is 6.18 Å². The molecule has 1 aliphatic rings. The maximum atomic E-state index is 13.1. The van der Waals surface area contributed by atoms with Crippen LogP contribution in [0.15, 0.2) is 48.9 Å². The lowest BCUT2D eigenvalue weighted by Crippen LogP contribution is -2.47. The average molecular weight is 416 g/mol. The number of alkyl halides is 3. The summed E-state index contributed by atoms with van der Waals surface area (Å²) in [5.41, 5.74) is 7.45. The zero-order valence-electron chi connectivity index (χ0n) is 15.8. The molecule has 2 aromatic carbocycles. The lowest BCUT2D eigenvalue weighted by molar-refractivity contribution is -0.137. The first kappa shape index (κ1) is 20.1. The SMILES string of the molecule is NC1CN(c2ccc(C(=O)O)c3ncncc23)CCC1c1cccc(C(F)(F)F)c1. The summed E-state index contributed by atoms with van der Waals surface area (Å²) in [6.45, 7) is 0.975. The standard InChI is InChI=1S/C21H19F3N4O2/c22-21(23,24)13-3-1-2-12(8-13)14-6-7-28(10-17(14)25)18-5-4-15(20(29)30)19-16(18)9-26-11-27-19/h1-5,8-9,11,14,17H,6-7,10,25H2,(H,29,30).